The van der Waals surface area contributed by atoms with Gasteiger partial charge >= 0.3 is 0 Å². The van der Waals surface area contributed by atoms with Crippen LogP contribution in [0.25, 0.3) is 0 Å². The Balaban J connectivity index is 3.00. The van der Waals surface area contributed by atoms with E-state index in [0.29, 0.717) is 18.1 Å². The van der Waals surface area contributed by atoms with Crippen LogP contribution in [0, 0.1) is 0 Å². The van der Waals surface area contributed by atoms with E-state index >= 15 is 0 Å². The summed E-state index contributed by atoms with van der Waals surface area (Å²) in [6.07, 6.45) is 2.34. The minimum atomic E-state index is -0.0660. The molecule has 0 radical (unpaired) electrons. The summed E-state index contributed by atoms with van der Waals surface area (Å²) in [4.78, 5) is 3.95. The van der Waals surface area contributed by atoms with Gasteiger partial charge in [0.05, 0.1) is 6.61 Å². The lowest BCUT2D eigenvalue weighted by molar-refractivity contribution is 0.305. The quantitative estimate of drug-likeness (QED) is 0.356. The SMILES string of the molecule is CCCOc1nccc(/C(N)=N/O)c1Cl. The average Bonchev–Trinajstić information content (AvgIpc) is 2.27. The molecule has 0 aliphatic heterocycles. The Kier molecular flexibility index (Phi) is 4.17. The van der Waals surface area contributed by atoms with Gasteiger partial charge in [-0.2, -0.15) is 0 Å². The van der Waals surface area contributed by atoms with Crippen molar-refractivity contribution in [3.8, 4) is 5.88 Å². The molecule has 1 aromatic heterocycles. The maximum Gasteiger partial charge on any atom is 0.233 e. The number of aromatic nitrogens is 1. The fourth-order valence-corrected chi connectivity index (χ4v) is 1.24. The molecule has 0 bridgehead atoms. The zero-order valence-corrected chi connectivity index (χ0v) is 9.03. The molecule has 0 saturated heterocycles. The maximum absolute atomic E-state index is 8.52. The first kappa shape index (κ1) is 11.6. The zero-order chi connectivity index (χ0) is 11.3. The van der Waals surface area contributed by atoms with Gasteiger partial charge < -0.3 is 15.7 Å². The van der Waals surface area contributed by atoms with Crippen molar-refractivity contribution in [3.05, 3.63) is 22.8 Å². The smallest absolute Gasteiger partial charge is 0.233 e. The van der Waals surface area contributed by atoms with Gasteiger partial charge in [-0.25, -0.2) is 4.98 Å². The molecule has 0 aliphatic rings. The standard InChI is InChI=1S/C9H12ClN3O2/c1-2-5-15-9-7(10)6(3-4-12-9)8(11)13-14/h3-4,14H,2,5H2,1H3,(H2,11,13). The highest BCUT2D eigenvalue weighted by molar-refractivity contribution is 6.35. The van der Waals surface area contributed by atoms with Crippen LogP contribution in [0.1, 0.15) is 18.9 Å². The van der Waals surface area contributed by atoms with Crippen molar-refractivity contribution in [1.29, 1.82) is 0 Å². The van der Waals surface area contributed by atoms with Gasteiger partial charge in [0, 0.05) is 11.8 Å². The molecule has 0 unspecified atom stereocenters. The molecule has 0 aliphatic carbocycles. The van der Waals surface area contributed by atoms with Crippen LogP contribution in [0.15, 0.2) is 17.4 Å². The number of oxime groups is 1. The number of nitrogens with zero attached hydrogens (tertiary/aromatic N) is 2. The van der Waals surface area contributed by atoms with Crippen LogP contribution in [0.5, 0.6) is 5.88 Å². The van der Waals surface area contributed by atoms with E-state index in [0.717, 1.165) is 6.42 Å². The summed E-state index contributed by atoms with van der Waals surface area (Å²) in [5, 5.41) is 11.6. The van der Waals surface area contributed by atoms with Crippen molar-refractivity contribution >= 4 is 17.4 Å². The van der Waals surface area contributed by atoms with Crippen LogP contribution in [-0.4, -0.2) is 22.6 Å². The molecule has 3 N–H and O–H groups in total. The number of amidine groups is 1. The lowest BCUT2D eigenvalue weighted by atomic mass is 10.2. The van der Waals surface area contributed by atoms with Crippen molar-refractivity contribution in [2.45, 2.75) is 13.3 Å². The summed E-state index contributed by atoms with van der Waals surface area (Å²) in [5.41, 5.74) is 5.83. The van der Waals surface area contributed by atoms with Crippen LogP contribution in [-0.2, 0) is 0 Å². The summed E-state index contributed by atoms with van der Waals surface area (Å²) < 4.78 is 5.29. The molecule has 1 rings (SSSR count). The first-order valence-corrected chi connectivity index (χ1v) is 4.83. The molecule has 0 aromatic carbocycles. The molecule has 0 saturated carbocycles. The number of nitrogens with two attached hydrogens (primary N) is 1. The molecular weight excluding hydrogens is 218 g/mol. The summed E-state index contributed by atoms with van der Waals surface area (Å²) >= 11 is 5.96. The first-order valence-electron chi connectivity index (χ1n) is 4.45. The largest absolute Gasteiger partial charge is 0.477 e. The lowest BCUT2D eigenvalue weighted by Gasteiger charge is -2.08. The second-order valence-corrected chi connectivity index (χ2v) is 3.19. The number of pyridine rings is 1. The number of halogens is 1. The van der Waals surface area contributed by atoms with Gasteiger partial charge in [0.1, 0.15) is 5.02 Å². The summed E-state index contributed by atoms with van der Waals surface area (Å²) in [7, 11) is 0. The number of rotatable bonds is 4. The van der Waals surface area contributed by atoms with E-state index in [-0.39, 0.29) is 10.9 Å². The minimum absolute atomic E-state index is 0.0660. The highest BCUT2D eigenvalue weighted by Gasteiger charge is 2.11. The molecule has 1 heterocycles. The van der Waals surface area contributed by atoms with E-state index < -0.39 is 0 Å². The second-order valence-electron chi connectivity index (χ2n) is 2.81. The number of hydrogen-bond donors (Lipinski definition) is 2. The van der Waals surface area contributed by atoms with E-state index in [4.69, 9.17) is 27.3 Å². The lowest BCUT2D eigenvalue weighted by Crippen LogP contribution is -2.14. The molecule has 0 atom stereocenters. The van der Waals surface area contributed by atoms with Crippen molar-refractivity contribution in [2.75, 3.05) is 6.61 Å². The number of hydrogen-bond acceptors (Lipinski definition) is 4. The van der Waals surface area contributed by atoms with Crippen LogP contribution in [0.4, 0.5) is 0 Å². The van der Waals surface area contributed by atoms with Gasteiger partial charge in [0.2, 0.25) is 5.88 Å². The van der Waals surface area contributed by atoms with Crippen molar-refractivity contribution in [1.82, 2.24) is 4.98 Å². The molecule has 6 heteroatoms. The normalized spacial score (nSPS) is 11.5. The second kappa shape index (κ2) is 5.41. The van der Waals surface area contributed by atoms with E-state index in [2.05, 4.69) is 10.1 Å². The molecule has 0 spiro atoms. The Morgan fingerprint density at radius 1 is 1.73 bits per heavy atom. The van der Waals surface area contributed by atoms with E-state index in [1.54, 1.807) is 6.07 Å². The molecule has 1 aromatic rings. The van der Waals surface area contributed by atoms with Gasteiger partial charge in [-0.15, -0.1) is 0 Å². The Labute approximate surface area is 92.5 Å². The van der Waals surface area contributed by atoms with Crippen molar-refractivity contribution < 1.29 is 9.94 Å². The van der Waals surface area contributed by atoms with Gasteiger partial charge in [0.25, 0.3) is 0 Å². The van der Waals surface area contributed by atoms with Crippen LogP contribution in [0.2, 0.25) is 5.02 Å². The topological polar surface area (TPSA) is 80.7 Å². The fourth-order valence-electron chi connectivity index (χ4n) is 0.976. The number of ether oxygens (including phenoxy) is 1. The van der Waals surface area contributed by atoms with Gasteiger partial charge in [-0.3, -0.25) is 0 Å². The molecule has 82 valence electrons. The minimum Gasteiger partial charge on any atom is -0.477 e. The van der Waals surface area contributed by atoms with E-state index in [1.165, 1.54) is 6.20 Å². The third kappa shape index (κ3) is 2.73. The summed E-state index contributed by atoms with van der Waals surface area (Å²) in [6, 6.07) is 1.55. The molecular formula is C9H12ClN3O2. The predicted molar refractivity (Wildman–Crippen MR) is 57.5 cm³/mol. The third-order valence-corrected chi connectivity index (χ3v) is 2.05. The van der Waals surface area contributed by atoms with Crippen LogP contribution < -0.4 is 10.5 Å². The van der Waals surface area contributed by atoms with Gasteiger partial charge in [-0.1, -0.05) is 23.7 Å². The summed E-state index contributed by atoms with van der Waals surface area (Å²) in [5.74, 6) is 0.228. The molecule has 15 heavy (non-hydrogen) atoms. The zero-order valence-electron chi connectivity index (χ0n) is 8.27. The Morgan fingerprint density at radius 3 is 3.07 bits per heavy atom. The Morgan fingerprint density at radius 2 is 2.47 bits per heavy atom. The Bertz CT molecular complexity index is 368. The van der Waals surface area contributed by atoms with Crippen LogP contribution >= 0.6 is 11.6 Å². The van der Waals surface area contributed by atoms with Crippen LogP contribution in [0.3, 0.4) is 0 Å². The Hall–Kier alpha value is -1.49. The third-order valence-electron chi connectivity index (χ3n) is 1.68. The van der Waals surface area contributed by atoms with E-state index in [9.17, 15) is 0 Å². The maximum atomic E-state index is 8.52. The highest BCUT2D eigenvalue weighted by Crippen LogP contribution is 2.25. The predicted octanol–water partition coefficient (Wildman–Crippen LogP) is 1.62. The van der Waals surface area contributed by atoms with Gasteiger partial charge in [-0.05, 0) is 12.5 Å². The van der Waals surface area contributed by atoms with Crippen molar-refractivity contribution in [3.63, 3.8) is 0 Å². The molecule has 0 fully saturated rings. The van der Waals surface area contributed by atoms with Gasteiger partial charge in [0.15, 0.2) is 5.84 Å². The highest BCUT2D eigenvalue weighted by atomic mass is 35.5. The van der Waals surface area contributed by atoms with E-state index in [1.807, 2.05) is 6.92 Å². The first-order chi connectivity index (χ1) is 7.20. The summed E-state index contributed by atoms with van der Waals surface area (Å²) in [6.45, 7) is 2.49. The molecule has 0 amide bonds. The average molecular weight is 230 g/mol. The van der Waals surface area contributed by atoms with Crippen molar-refractivity contribution in [2.24, 2.45) is 10.9 Å². The fraction of sp³-hybridized carbons (Fsp3) is 0.333. The molecule has 5 nitrogen and oxygen atoms in total. The monoisotopic (exact) mass is 229 g/mol.